The Morgan fingerprint density at radius 3 is 2.88 bits per heavy atom. The summed E-state index contributed by atoms with van der Waals surface area (Å²) < 4.78 is 6.56. The van der Waals surface area contributed by atoms with E-state index in [4.69, 9.17) is 15.6 Å². The second kappa shape index (κ2) is 5.23. The van der Waals surface area contributed by atoms with Gasteiger partial charge in [-0.2, -0.15) is 4.98 Å². The van der Waals surface area contributed by atoms with Crippen molar-refractivity contribution in [2.45, 2.75) is 24.9 Å². The van der Waals surface area contributed by atoms with E-state index in [-0.39, 0.29) is 24.3 Å². The number of ether oxygens (including phenoxy) is 1. The standard InChI is InChI=1S/C9H13N3O4.H2O/c10-7-1-2-12(9(15)11-7)8-3-5(14)6(4-13)16-8;/h1-2,5-6,8,13-14H,3-4H2,(H2,10,11,15);1H2/t5-,6+,8+;/m0./s1. The van der Waals surface area contributed by atoms with Gasteiger partial charge in [0.1, 0.15) is 18.1 Å². The Morgan fingerprint density at radius 2 is 2.35 bits per heavy atom. The molecule has 0 amide bonds. The Labute approximate surface area is 96.6 Å². The van der Waals surface area contributed by atoms with Crippen molar-refractivity contribution in [3.05, 3.63) is 22.7 Å². The highest BCUT2D eigenvalue weighted by Crippen LogP contribution is 2.27. The number of aliphatic hydroxyl groups is 2. The maximum absolute atomic E-state index is 11.5. The molecular weight excluding hydrogens is 230 g/mol. The maximum Gasteiger partial charge on any atom is 0.351 e. The smallest absolute Gasteiger partial charge is 0.351 e. The molecule has 1 aliphatic rings. The minimum Gasteiger partial charge on any atom is -0.412 e. The van der Waals surface area contributed by atoms with Crippen LogP contribution in [0.5, 0.6) is 0 Å². The highest BCUT2D eigenvalue weighted by atomic mass is 16.5. The summed E-state index contributed by atoms with van der Waals surface area (Å²) in [5.74, 6) is 0.138. The average molecular weight is 245 g/mol. The highest BCUT2D eigenvalue weighted by molar-refractivity contribution is 5.23. The lowest BCUT2D eigenvalue weighted by Crippen LogP contribution is -2.27. The van der Waals surface area contributed by atoms with Gasteiger partial charge in [0.05, 0.1) is 12.7 Å². The highest BCUT2D eigenvalue weighted by Gasteiger charge is 2.34. The van der Waals surface area contributed by atoms with Gasteiger partial charge in [0.2, 0.25) is 0 Å². The molecule has 2 heterocycles. The van der Waals surface area contributed by atoms with Gasteiger partial charge in [-0.25, -0.2) is 4.79 Å². The first-order chi connectivity index (χ1) is 7.61. The molecule has 6 N–H and O–H groups in total. The van der Waals surface area contributed by atoms with Gasteiger partial charge >= 0.3 is 5.69 Å². The summed E-state index contributed by atoms with van der Waals surface area (Å²) in [6, 6.07) is 1.48. The molecule has 1 aliphatic heterocycles. The predicted molar refractivity (Wildman–Crippen MR) is 58.1 cm³/mol. The Morgan fingerprint density at radius 1 is 1.65 bits per heavy atom. The van der Waals surface area contributed by atoms with E-state index in [0.29, 0.717) is 0 Å². The molecular formula is C9H15N3O5. The van der Waals surface area contributed by atoms with Gasteiger partial charge in [0, 0.05) is 12.6 Å². The summed E-state index contributed by atoms with van der Waals surface area (Å²) >= 11 is 0. The number of nitrogens with zero attached hydrogens (tertiary/aromatic N) is 2. The van der Waals surface area contributed by atoms with Gasteiger partial charge in [-0.1, -0.05) is 0 Å². The number of anilines is 1. The molecule has 1 fully saturated rings. The molecule has 1 aromatic rings. The Balaban J connectivity index is 0.00000144. The molecule has 1 aromatic heterocycles. The minimum atomic E-state index is -0.778. The molecule has 0 saturated carbocycles. The third kappa shape index (κ3) is 2.61. The fourth-order valence-corrected chi connectivity index (χ4v) is 1.70. The Kier molecular flexibility index (Phi) is 4.18. The molecule has 0 spiro atoms. The molecule has 3 atom stereocenters. The van der Waals surface area contributed by atoms with Crippen molar-refractivity contribution >= 4 is 5.82 Å². The Bertz CT molecular complexity index is 435. The van der Waals surface area contributed by atoms with Crippen LogP contribution in [0.1, 0.15) is 12.6 Å². The van der Waals surface area contributed by atoms with E-state index in [1.807, 2.05) is 0 Å². The van der Waals surface area contributed by atoms with Crippen molar-refractivity contribution in [3.63, 3.8) is 0 Å². The number of aromatic nitrogens is 2. The average Bonchev–Trinajstić information content (AvgIpc) is 2.59. The second-order valence-corrected chi connectivity index (χ2v) is 3.66. The van der Waals surface area contributed by atoms with E-state index < -0.39 is 24.1 Å². The first-order valence-corrected chi connectivity index (χ1v) is 4.91. The van der Waals surface area contributed by atoms with Gasteiger partial charge in [0.15, 0.2) is 0 Å². The van der Waals surface area contributed by atoms with Crippen molar-refractivity contribution in [2.24, 2.45) is 0 Å². The zero-order chi connectivity index (χ0) is 11.7. The fraction of sp³-hybridized carbons (Fsp3) is 0.556. The zero-order valence-corrected chi connectivity index (χ0v) is 8.98. The lowest BCUT2D eigenvalue weighted by Gasteiger charge is -2.13. The van der Waals surface area contributed by atoms with Crippen molar-refractivity contribution in [2.75, 3.05) is 12.3 Å². The minimum absolute atomic E-state index is 0. The van der Waals surface area contributed by atoms with Gasteiger partial charge < -0.3 is 26.2 Å². The van der Waals surface area contributed by atoms with Crippen LogP contribution in [0.2, 0.25) is 0 Å². The van der Waals surface area contributed by atoms with Crippen LogP contribution >= 0.6 is 0 Å². The summed E-state index contributed by atoms with van der Waals surface area (Å²) in [6.07, 6.45) is -0.333. The molecule has 0 unspecified atom stereocenters. The van der Waals surface area contributed by atoms with Crippen molar-refractivity contribution < 1.29 is 20.4 Å². The van der Waals surface area contributed by atoms with Gasteiger partial charge in [-0.05, 0) is 6.07 Å². The van der Waals surface area contributed by atoms with E-state index in [0.717, 1.165) is 0 Å². The molecule has 96 valence electrons. The predicted octanol–water partition coefficient (Wildman–Crippen LogP) is -2.36. The summed E-state index contributed by atoms with van der Waals surface area (Å²) in [4.78, 5) is 15.0. The largest absolute Gasteiger partial charge is 0.412 e. The number of hydrogen-bond donors (Lipinski definition) is 3. The molecule has 2 rings (SSSR count). The van der Waals surface area contributed by atoms with Crippen LogP contribution in [-0.4, -0.2) is 44.1 Å². The quantitative estimate of drug-likeness (QED) is 0.532. The van der Waals surface area contributed by atoms with Crippen LogP contribution in [0.3, 0.4) is 0 Å². The lowest BCUT2D eigenvalue weighted by atomic mass is 10.2. The number of nitrogens with two attached hydrogens (primary N) is 1. The van der Waals surface area contributed by atoms with E-state index in [1.54, 1.807) is 0 Å². The molecule has 8 nitrogen and oxygen atoms in total. The summed E-state index contributed by atoms with van der Waals surface area (Å²) in [7, 11) is 0. The van der Waals surface area contributed by atoms with Crippen molar-refractivity contribution in [3.8, 4) is 0 Å². The Hall–Kier alpha value is -1.48. The second-order valence-electron chi connectivity index (χ2n) is 3.66. The summed E-state index contributed by atoms with van der Waals surface area (Å²) in [5, 5.41) is 18.4. The van der Waals surface area contributed by atoms with Crippen LogP contribution in [0.4, 0.5) is 5.82 Å². The first-order valence-electron chi connectivity index (χ1n) is 4.91. The number of aliphatic hydroxyl groups excluding tert-OH is 2. The fourth-order valence-electron chi connectivity index (χ4n) is 1.70. The normalized spacial score (nSPS) is 27.8. The third-order valence-corrected chi connectivity index (χ3v) is 2.55. The summed E-state index contributed by atoms with van der Waals surface area (Å²) in [6.45, 7) is -0.283. The van der Waals surface area contributed by atoms with Gasteiger partial charge in [-0.3, -0.25) is 4.57 Å². The molecule has 8 heteroatoms. The molecule has 0 radical (unpaired) electrons. The number of rotatable bonds is 2. The zero-order valence-electron chi connectivity index (χ0n) is 8.98. The van der Waals surface area contributed by atoms with Gasteiger partial charge in [0.25, 0.3) is 0 Å². The van der Waals surface area contributed by atoms with Gasteiger partial charge in [-0.15, -0.1) is 0 Å². The van der Waals surface area contributed by atoms with E-state index in [2.05, 4.69) is 4.98 Å². The van der Waals surface area contributed by atoms with E-state index in [9.17, 15) is 9.90 Å². The van der Waals surface area contributed by atoms with Crippen LogP contribution in [0.25, 0.3) is 0 Å². The molecule has 17 heavy (non-hydrogen) atoms. The van der Waals surface area contributed by atoms with Crippen LogP contribution in [0, 0.1) is 0 Å². The maximum atomic E-state index is 11.5. The summed E-state index contributed by atoms with van der Waals surface area (Å²) in [5.41, 5.74) is 4.82. The lowest BCUT2D eigenvalue weighted by molar-refractivity contribution is -0.0458. The molecule has 0 aromatic carbocycles. The van der Waals surface area contributed by atoms with Crippen LogP contribution in [0.15, 0.2) is 17.1 Å². The number of hydrogen-bond acceptors (Lipinski definition) is 6. The molecule has 0 bridgehead atoms. The molecule has 0 aliphatic carbocycles. The third-order valence-electron chi connectivity index (χ3n) is 2.55. The van der Waals surface area contributed by atoms with Crippen LogP contribution < -0.4 is 11.4 Å². The number of nitrogen functional groups attached to an aromatic ring is 1. The van der Waals surface area contributed by atoms with E-state index >= 15 is 0 Å². The monoisotopic (exact) mass is 245 g/mol. The van der Waals surface area contributed by atoms with Crippen LogP contribution in [-0.2, 0) is 4.74 Å². The van der Waals surface area contributed by atoms with E-state index in [1.165, 1.54) is 16.8 Å². The topological polar surface area (TPSA) is 142 Å². The van der Waals surface area contributed by atoms with Crippen molar-refractivity contribution in [1.82, 2.24) is 9.55 Å². The van der Waals surface area contributed by atoms with Crippen molar-refractivity contribution in [1.29, 1.82) is 0 Å². The first kappa shape index (κ1) is 13.6. The SMILES string of the molecule is Nc1ccn([C@H]2C[C@H](O)[C@@H](CO)O2)c(=O)n1.O. The molecule has 1 saturated heterocycles.